The average molecular weight is 247 g/mol. The van der Waals surface area contributed by atoms with E-state index in [0.717, 1.165) is 49.0 Å². The first-order chi connectivity index (χ1) is 8.81. The number of nitrogen functional groups attached to an aromatic ring is 1. The van der Waals surface area contributed by atoms with Gasteiger partial charge in [-0.1, -0.05) is 0 Å². The first-order valence-corrected chi connectivity index (χ1v) is 6.19. The lowest BCUT2D eigenvalue weighted by atomic mass is 9.96. The van der Waals surface area contributed by atoms with E-state index in [2.05, 4.69) is 4.98 Å². The van der Waals surface area contributed by atoms with Crippen molar-refractivity contribution >= 4 is 11.5 Å². The SMILES string of the molecule is COc1cccn2c(N)c(C3CCOCC3)nc12. The number of anilines is 1. The highest BCUT2D eigenvalue weighted by Gasteiger charge is 2.23. The molecular weight excluding hydrogens is 230 g/mol. The molecule has 96 valence electrons. The zero-order valence-electron chi connectivity index (χ0n) is 10.4. The Kier molecular flexibility index (Phi) is 2.83. The van der Waals surface area contributed by atoms with Gasteiger partial charge in [0.2, 0.25) is 0 Å². The van der Waals surface area contributed by atoms with E-state index < -0.39 is 0 Å². The molecule has 0 atom stereocenters. The van der Waals surface area contributed by atoms with Crippen LogP contribution in [0.1, 0.15) is 24.5 Å². The Morgan fingerprint density at radius 1 is 1.44 bits per heavy atom. The summed E-state index contributed by atoms with van der Waals surface area (Å²) < 4.78 is 12.6. The highest BCUT2D eigenvalue weighted by atomic mass is 16.5. The lowest BCUT2D eigenvalue weighted by Gasteiger charge is -2.20. The highest BCUT2D eigenvalue weighted by molar-refractivity contribution is 5.61. The van der Waals surface area contributed by atoms with E-state index in [1.807, 2.05) is 22.7 Å². The third kappa shape index (κ3) is 1.71. The van der Waals surface area contributed by atoms with Gasteiger partial charge in [-0.25, -0.2) is 4.98 Å². The number of pyridine rings is 1. The van der Waals surface area contributed by atoms with Crippen molar-refractivity contribution in [1.29, 1.82) is 0 Å². The molecule has 0 aliphatic carbocycles. The molecule has 3 heterocycles. The van der Waals surface area contributed by atoms with Gasteiger partial charge in [-0.2, -0.15) is 0 Å². The van der Waals surface area contributed by atoms with Gasteiger partial charge in [-0.15, -0.1) is 0 Å². The van der Waals surface area contributed by atoms with Crippen molar-refractivity contribution in [3.8, 4) is 5.75 Å². The van der Waals surface area contributed by atoms with Gasteiger partial charge in [0.15, 0.2) is 11.4 Å². The van der Waals surface area contributed by atoms with E-state index in [-0.39, 0.29) is 0 Å². The van der Waals surface area contributed by atoms with Crippen LogP contribution < -0.4 is 10.5 Å². The number of imidazole rings is 1. The summed E-state index contributed by atoms with van der Waals surface area (Å²) in [6, 6.07) is 3.81. The summed E-state index contributed by atoms with van der Waals surface area (Å²) in [7, 11) is 1.65. The second-order valence-corrected chi connectivity index (χ2v) is 4.54. The molecule has 3 rings (SSSR count). The van der Waals surface area contributed by atoms with E-state index in [1.54, 1.807) is 7.11 Å². The Hall–Kier alpha value is -1.75. The molecule has 1 aliphatic heterocycles. The van der Waals surface area contributed by atoms with Crippen LogP contribution in [0.4, 0.5) is 5.82 Å². The van der Waals surface area contributed by atoms with Crippen LogP contribution >= 0.6 is 0 Å². The van der Waals surface area contributed by atoms with Crippen LogP contribution in [0.2, 0.25) is 0 Å². The Morgan fingerprint density at radius 3 is 2.94 bits per heavy atom. The Balaban J connectivity index is 2.09. The highest BCUT2D eigenvalue weighted by Crippen LogP contribution is 2.32. The predicted molar refractivity (Wildman–Crippen MR) is 69.0 cm³/mol. The van der Waals surface area contributed by atoms with Crippen molar-refractivity contribution in [2.24, 2.45) is 0 Å². The number of rotatable bonds is 2. The minimum absolute atomic E-state index is 0.392. The summed E-state index contributed by atoms with van der Waals surface area (Å²) in [6.45, 7) is 1.57. The number of hydrogen-bond donors (Lipinski definition) is 1. The van der Waals surface area contributed by atoms with E-state index in [0.29, 0.717) is 5.92 Å². The Bertz CT molecular complexity index is 559. The van der Waals surface area contributed by atoms with E-state index >= 15 is 0 Å². The fourth-order valence-corrected chi connectivity index (χ4v) is 2.51. The lowest BCUT2D eigenvalue weighted by molar-refractivity contribution is 0.0847. The van der Waals surface area contributed by atoms with Crippen molar-refractivity contribution < 1.29 is 9.47 Å². The van der Waals surface area contributed by atoms with Crippen molar-refractivity contribution in [2.45, 2.75) is 18.8 Å². The molecule has 0 aromatic carbocycles. The predicted octanol–water partition coefficient (Wildman–Crippen LogP) is 1.82. The molecule has 0 unspecified atom stereocenters. The summed E-state index contributed by atoms with van der Waals surface area (Å²) >= 11 is 0. The topological polar surface area (TPSA) is 61.8 Å². The van der Waals surface area contributed by atoms with E-state index in [9.17, 15) is 0 Å². The second-order valence-electron chi connectivity index (χ2n) is 4.54. The molecule has 1 saturated heterocycles. The van der Waals surface area contributed by atoms with Crippen LogP contribution in [0.25, 0.3) is 5.65 Å². The van der Waals surface area contributed by atoms with Crippen LogP contribution in [0, 0.1) is 0 Å². The molecule has 0 bridgehead atoms. The maximum absolute atomic E-state index is 6.20. The number of nitrogens with two attached hydrogens (primary N) is 1. The molecule has 2 aromatic heterocycles. The quantitative estimate of drug-likeness (QED) is 0.879. The summed E-state index contributed by atoms with van der Waals surface area (Å²) in [4.78, 5) is 4.66. The third-order valence-corrected chi connectivity index (χ3v) is 3.51. The standard InChI is InChI=1S/C13H17N3O2/c1-17-10-3-2-6-16-12(14)11(15-13(10)16)9-4-7-18-8-5-9/h2-3,6,9H,4-5,7-8,14H2,1H3. The summed E-state index contributed by atoms with van der Waals surface area (Å²) in [5.74, 6) is 1.86. The number of methoxy groups -OCH3 is 1. The number of hydrogen-bond acceptors (Lipinski definition) is 4. The molecule has 0 spiro atoms. The smallest absolute Gasteiger partial charge is 0.181 e. The number of ether oxygens (including phenoxy) is 2. The summed E-state index contributed by atoms with van der Waals surface area (Å²) in [5, 5.41) is 0. The van der Waals surface area contributed by atoms with Gasteiger partial charge in [-0.05, 0) is 25.0 Å². The first kappa shape index (κ1) is 11.3. The van der Waals surface area contributed by atoms with Crippen LogP contribution in [0.5, 0.6) is 5.75 Å². The monoisotopic (exact) mass is 247 g/mol. The average Bonchev–Trinajstić information content (AvgIpc) is 2.77. The maximum atomic E-state index is 6.20. The Labute approximate surface area is 106 Å². The molecule has 5 nitrogen and oxygen atoms in total. The maximum Gasteiger partial charge on any atom is 0.181 e. The number of fused-ring (bicyclic) bond motifs is 1. The van der Waals surface area contributed by atoms with Crippen LogP contribution in [-0.2, 0) is 4.74 Å². The largest absolute Gasteiger partial charge is 0.493 e. The number of nitrogens with zero attached hydrogens (tertiary/aromatic N) is 2. The molecule has 5 heteroatoms. The van der Waals surface area contributed by atoms with Crippen molar-refractivity contribution in [1.82, 2.24) is 9.38 Å². The van der Waals surface area contributed by atoms with Crippen LogP contribution in [0.3, 0.4) is 0 Å². The van der Waals surface area contributed by atoms with Gasteiger partial charge in [0.25, 0.3) is 0 Å². The van der Waals surface area contributed by atoms with Gasteiger partial charge in [0, 0.05) is 25.3 Å². The number of aromatic nitrogens is 2. The fraction of sp³-hybridized carbons (Fsp3) is 0.462. The molecule has 1 aliphatic rings. The van der Waals surface area contributed by atoms with Crippen molar-refractivity contribution in [3.63, 3.8) is 0 Å². The Morgan fingerprint density at radius 2 is 2.22 bits per heavy atom. The minimum atomic E-state index is 0.392. The molecule has 0 radical (unpaired) electrons. The second kappa shape index (κ2) is 4.49. The van der Waals surface area contributed by atoms with Crippen molar-refractivity contribution in [3.05, 3.63) is 24.0 Å². The molecular formula is C13H17N3O2. The van der Waals surface area contributed by atoms with Gasteiger partial charge >= 0.3 is 0 Å². The first-order valence-electron chi connectivity index (χ1n) is 6.19. The van der Waals surface area contributed by atoms with Gasteiger partial charge in [0.1, 0.15) is 5.82 Å². The normalized spacial score (nSPS) is 17.2. The molecule has 2 aromatic rings. The molecule has 0 amide bonds. The van der Waals surface area contributed by atoms with Crippen LogP contribution in [-0.4, -0.2) is 29.7 Å². The van der Waals surface area contributed by atoms with Gasteiger partial charge in [0.05, 0.1) is 12.8 Å². The zero-order chi connectivity index (χ0) is 12.5. The lowest BCUT2D eigenvalue weighted by Crippen LogP contribution is -2.15. The molecule has 2 N–H and O–H groups in total. The van der Waals surface area contributed by atoms with Gasteiger partial charge in [-0.3, -0.25) is 4.40 Å². The van der Waals surface area contributed by atoms with Crippen molar-refractivity contribution in [2.75, 3.05) is 26.1 Å². The summed E-state index contributed by atoms with van der Waals surface area (Å²) in [5.41, 5.74) is 7.96. The third-order valence-electron chi connectivity index (χ3n) is 3.51. The van der Waals surface area contributed by atoms with E-state index in [4.69, 9.17) is 15.2 Å². The molecule has 0 saturated carbocycles. The minimum Gasteiger partial charge on any atom is -0.493 e. The van der Waals surface area contributed by atoms with Crippen LogP contribution in [0.15, 0.2) is 18.3 Å². The zero-order valence-corrected chi connectivity index (χ0v) is 10.4. The molecule has 1 fully saturated rings. The molecule has 18 heavy (non-hydrogen) atoms. The van der Waals surface area contributed by atoms with Gasteiger partial charge < -0.3 is 15.2 Å². The summed E-state index contributed by atoms with van der Waals surface area (Å²) in [6.07, 6.45) is 3.88. The van der Waals surface area contributed by atoms with E-state index in [1.165, 1.54) is 0 Å². The fourth-order valence-electron chi connectivity index (χ4n) is 2.51.